The van der Waals surface area contributed by atoms with Gasteiger partial charge in [-0.1, -0.05) is 11.6 Å². The van der Waals surface area contributed by atoms with E-state index < -0.39 is 4.92 Å². The summed E-state index contributed by atoms with van der Waals surface area (Å²) in [6.07, 6.45) is 1.65. The maximum absolute atomic E-state index is 10.6. The molecule has 0 N–H and O–H groups in total. The molecule has 98 valence electrons. The minimum absolute atomic E-state index is 0.0419. The molecule has 0 amide bonds. The van der Waals surface area contributed by atoms with Crippen molar-refractivity contribution in [2.75, 3.05) is 0 Å². The molecule has 0 saturated heterocycles. The Bertz CT molecular complexity index is 803. The molecule has 2 heterocycles. The van der Waals surface area contributed by atoms with Crippen LogP contribution in [-0.2, 0) is 0 Å². The van der Waals surface area contributed by atoms with Crippen molar-refractivity contribution < 1.29 is 4.92 Å². The van der Waals surface area contributed by atoms with Crippen LogP contribution >= 0.6 is 11.6 Å². The summed E-state index contributed by atoms with van der Waals surface area (Å²) in [6.45, 7) is 0. The highest BCUT2D eigenvalue weighted by Gasteiger charge is 2.10. The summed E-state index contributed by atoms with van der Waals surface area (Å²) in [5.74, 6) is 0. The number of nitrogens with zero attached hydrogens (tertiary/aromatic N) is 3. The molecule has 20 heavy (non-hydrogen) atoms. The van der Waals surface area contributed by atoms with E-state index >= 15 is 0 Å². The van der Waals surface area contributed by atoms with Gasteiger partial charge in [-0.25, -0.2) is 9.97 Å². The Hall–Kier alpha value is -2.53. The topological polar surface area (TPSA) is 68.9 Å². The molecule has 0 radical (unpaired) electrons. The van der Waals surface area contributed by atoms with Crippen molar-refractivity contribution in [3.05, 3.63) is 63.9 Å². The van der Waals surface area contributed by atoms with Crippen molar-refractivity contribution in [2.24, 2.45) is 0 Å². The van der Waals surface area contributed by atoms with Crippen molar-refractivity contribution >= 4 is 28.3 Å². The lowest BCUT2D eigenvalue weighted by Crippen LogP contribution is -1.90. The van der Waals surface area contributed by atoms with E-state index in [9.17, 15) is 10.1 Å². The van der Waals surface area contributed by atoms with Crippen molar-refractivity contribution in [1.29, 1.82) is 0 Å². The fraction of sp³-hybridized carbons (Fsp3) is 0. The van der Waals surface area contributed by atoms with Crippen LogP contribution in [-0.4, -0.2) is 14.9 Å². The first kappa shape index (κ1) is 12.5. The predicted molar refractivity (Wildman–Crippen MR) is 76.6 cm³/mol. The number of benzene rings is 1. The van der Waals surface area contributed by atoms with Gasteiger partial charge in [0.15, 0.2) is 5.65 Å². The fourth-order valence-corrected chi connectivity index (χ4v) is 2.19. The molecule has 0 fully saturated rings. The number of non-ortho nitro benzene ring substituents is 1. The van der Waals surface area contributed by atoms with Gasteiger partial charge in [-0.2, -0.15) is 0 Å². The number of hydrogen-bond donors (Lipinski definition) is 0. The van der Waals surface area contributed by atoms with Crippen LogP contribution in [0.4, 0.5) is 5.69 Å². The van der Waals surface area contributed by atoms with Gasteiger partial charge in [0, 0.05) is 29.3 Å². The number of halogens is 1. The molecule has 0 unspecified atom stereocenters. The molecule has 6 heteroatoms. The Morgan fingerprint density at radius 1 is 1.15 bits per heavy atom. The van der Waals surface area contributed by atoms with Crippen LogP contribution in [0, 0.1) is 10.1 Å². The summed E-state index contributed by atoms with van der Waals surface area (Å²) >= 11 is 6.16. The second-order valence-electron chi connectivity index (χ2n) is 4.18. The van der Waals surface area contributed by atoms with Gasteiger partial charge in [-0.3, -0.25) is 10.1 Å². The summed E-state index contributed by atoms with van der Waals surface area (Å²) < 4.78 is 0. The van der Waals surface area contributed by atoms with Crippen molar-refractivity contribution in [2.45, 2.75) is 0 Å². The molecule has 5 nitrogen and oxygen atoms in total. The van der Waals surface area contributed by atoms with Gasteiger partial charge in [-0.05, 0) is 35.9 Å². The zero-order valence-electron chi connectivity index (χ0n) is 10.2. The molecule has 0 aliphatic heterocycles. The normalized spacial score (nSPS) is 10.7. The first-order valence-corrected chi connectivity index (χ1v) is 6.19. The Kier molecular flexibility index (Phi) is 3.04. The smallest absolute Gasteiger partial charge is 0.258 e. The van der Waals surface area contributed by atoms with Gasteiger partial charge in [0.05, 0.1) is 4.92 Å². The third-order valence-corrected chi connectivity index (χ3v) is 3.22. The molecule has 0 saturated carbocycles. The van der Waals surface area contributed by atoms with E-state index in [2.05, 4.69) is 9.97 Å². The van der Waals surface area contributed by atoms with Crippen molar-refractivity contribution in [3.63, 3.8) is 0 Å². The number of aromatic nitrogens is 2. The molecule has 0 bridgehead atoms. The molecule has 2 aromatic heterocycles. The molecule has 0 atom stereocenters. The summed E-state index contributed by atoms with van der Waals surface area (Å²) in [4.78, 5) is 18.6. The van der Waals surface area contributed by atoms with E-state index in [1.807, 2.05) is 18.2 Å². The monoisotopic (exact) mass is 285 g/mol. The van der Waals surface area contributed by atoms with E-state index in [4.69, 9.17) is 11.6 Å². The first-order valence-electron chi connectivity index (χ1n) is 5.81. The SMILES string of the molecule is O=[N+]([O-])c1ccc(-c2cc3cccnc3nc2Cl)cc1. The number of hydrogen-bond acceptors (Lipinski definition) is 4. The van der Waals surface area contributed by atoms with Crippen LogP contribution in [0.5, 0.6) is 0 Å². The van der Waals surface area contributed by atoms with Crippen molar-refractivity contribution in [3.8, 4) is 11.1 Å². The van der Waals surface area contributed by atoms with E-state index in [1.54, 1.807) is 18.3 Å². The van der Waals surface area contributed by atoms with Gasteiger partial charge in [0.1, 0.15) is 5.15 Å². The largest absolute Gasteiger partial charge is 0.269 e. The Morgan fingerprint density at radius 3 is 2.60 bits per heavy atom. The van der Waals surface area contributed by atoms with Crippen LogP contribution < -0.4 is 0 Å². The quantitative estimate of drug-likeness (QED) is 0.407. The van der Waals surface area contributed by atoms with Crippen LogP contribution in [0.3, 0.4) is 0 Å². The lowest BCUT2D eigenvalue weighted by atomic mass is 10.1. The standard InChI is InChI=1S/C14H8ClN3O2/c15-13-12(8-10-2-1-7-16-14(10)17-13)9-3-5-11(6-4-9)18(19)20/h1-8H. The zero-order valence-corrected chi connectivity index (χ0v) is 10.9. The molecule has 0 aliphatic carbocycles. The molecule has 0 aliphatic rings. The Labute approximate surface area is 119 Å². The lowest BCUT2D eigenvalue weighted by molar-refractivity contribution is -0.384. The molecular weight excluding hydrogens is 278 g/mol. The number of pyridine rings is 2. The molecule has 0 spiro atoms. The van der Waals surface area contributed by atoms with Gasteiger partial charge in [0.25, 0.3) is 5.69 Å². The number of nitro groups is 1. The van der Waals surface area contributed by atoms with E-state index in [0.717, 1.165) is 16.5 Å². The Morgan fingerprint density at radius 2 is 1.90 bits per heavy atom. The van der Waals surface area contributed by atoms with E-state index in [-0.39, 0.29) is 5.69 Å². The predicted octanol–water partition coefficient (Wildman–Crippen LogP) is 3.86. The number of fused-ring (bicyclic) bond motifs is 1. The van der Waals surface area contributed by atoms with Crippen LogP contribution in [0.15, 0.2) is 48.7 Å². The van der Waals surface area contributed by atoms with Gasteiger partial charge in [0.2, 0.25) is 0 Å². The summed E-state index contributed by atoms with van der Waals surface area (Å²) in [6, 6.07) is 11.8. The maximum Gasteiger partial charge on any atom is 0.269 e. The first-order chi connectivity index (χ1) is 9.65. The summed E-state index contributed by atoms with van der Waals surface area (Å²) in [7, 11) is 0. The second kappa shape index (κ2) is 4.86. The Balaban J connectivity index is 2.13. The van der Waals surface area contributed by atoms with Crippen LogP contribution in [0.25, 0.3) is 22.2 Å². The number of rotatable bonds is 2. The minimum atomic E-state index is -0.437. The summed E-state index contributed by atoms with van der Waals surface area (Å²) in [5.41, 5.74) is 2.12. The average molecular weight is 286 g/mol. The molecule has 1 aromatic carbocycles. The van der Waals surface area contributed by atoms with Gasteiger partial charge in [-0.15, -0.1) is 0 Å². The highest BCUT2D eigenvalue weighted by atomic mass is 35.5. The molecule has 3 rings (SSSR count). The highest BCUT2D eigenvalue weighted by Crippen LogP contribution is 2.30. The van der Waals surface area contributed by atoms with E-state index in [0.29, 0.717) is 10.8 Å². The third kappa shape index (κ3) is 2.19. The second-order valence-corrected chi connectivity index (χ2v) is 4.54. The fourth-order valence-electron chi connectivity index (χ4n) is 1.95. The van der Waals surface area contributed by atoms with Crippen LogP contribution in [0.1, 0.15) is 0 Å². The third-order valence-electron chi connectivity index (χ3n) is 2.93. The maximum atomic E-state index is 10.6. The van der Waals surface area contributed by atoms with Crippen LogP contribution in [0.2, 0.25) is 5.15 Å². The molecule has 3 aromatic rings. The molecular formula is C14H8ClN3O2. The van der Waals surface area contributed by atoms with Crippen molar-refractivity contribution in [1.82, 2.24) is 9.97 Å². The van der Waals surface area contributed by atoms with Gasteiger partial charge < -0.3 is 0 Å². The average Bonchev–Trinajstić information content (AvgIpc) is 2.46. The van der Waals surface area contributed by atoms with Gasteiger partial charge >= 0.3 is 0 Å². The number of nitro benzene ring substituents is 1. The zero-order chi connectivity index (χ0) is 14.1. The minimum Gasteiger partial charge on any atom is -0.258 e. The summed E-state index contributed by atoms with van der Waals surface area (Å²) in [5, 5.41) is 11.8. The van der Waals surface area contributed by atoms with E-state index in [1.165, 1.54) is 12.1 Å². The highest BCUT2D eigenvalue weighted by molar-refractivity contribution is 6.32. The lowest BCUT2D eigenvalue weighted by Gasteiger charge is -2.05.